The van der Waals surface area contributed by atoms with Gasteiger partial charge in [-0.05, 0) is 45.1 Å². The van der Waals surface area contributed by atoms with E-state index >= 15 is 0 Å². The molecule has 0 bridgehead atoms. The molecule has 1 rings (SSSR count). The molecule has 0 radical (unpaired) electrons. The Bertz CT molecular complexity index is 203. The maximum absolute atomic E-state index is 11.6. The maximum Gasteiger partial charge on any atom is 0.237 e. The Kier molecular flexibility index (Phi) is 5.47. The molecule has 1 saturated heterocycles. The average molecular weight is 230 g/mol. The van der Waals surface area contributed by atoms with E-state index in [2.05, 4.69) is 10.6 Å². The number of hydrogen-bond acceptors (Lipinski definition) is 3. The van der Waals surface area contributed by atoms with Crippen LogP contribution in [0.1, 0.15) is 33.6 Å². The van der Waals surface area contributed by atoms with E-state index < -0.39 is 0 Å². The summed E-state index contributed by atoms with van der Waals surface area (Å²) in [6, 6.07) is 0.684. The summed E-state index contributed by atoms with van der Waals surface area (Å²) in [5.41, 5.74) is 0. The van der Waals surface area contributed by atoms with Gasteiger partial charge < -0.3 is 10.6 Å². The molecular weight excluding hydrogens is 208 g/mol. The van der Waals surface area contributed by atoms with Crippen molar-refractivity contribution in [1.82, 2.24) is 10.6 Å². The Morgan fingerprint density at radius 1 is 1.27 bits per heavy atom. The van der Waals surface area contributed by atoms with Crippen LogP contribution in [0.2, 0.25) is 0 Å². The average Bonchev–Trinajstić information content (AvgIpc) is 2.18. The zero-order valence-electron chi connectivity index (χ0n) is 9.88. The third kappa shape index (κ3) is 4.89. The number of carbonyl (C=O) groups is 1. The van der Waals surface area contributed by atoms with Crippen LogP contribution in [0.25, 0.3) is 0 Å². The summed E-state index contributed by atoms with van der Waals surface area (Å²) in [6.07, 6.45) is 2.37. The van der Waals surface area contributed by atoms with Gasteiger partial charge in [0.15, 0.2) is 0 Å². The maximum atomic E-state index is 11.6. The van der Waals surface area contributed by atoms with E-state index in [-0.39, 0.29) is 18.0 Å². The first-order valence-corrected chi connectivity index (χ1v) is 6.89. The van der Waals surface area contributed by atoms with Crippen molar-refractivity contribution in [2.75, 3.05) is 11.5 Å². The minimum Gasteiger partial charge on any atom is -0.353 e. The monoisotopic (exact) mass is 230 g/mol. The molecule has 0 aromatic rings. The number of hydrogen-bond donors (Lipinski definition) is 2. The standard InChI is InChI=1S/C11H22N2OS/c1-8(2)12-11(14)9(3)13-10-4-6-15-7-5-10/h8-10,13H,4-7H2,1-3H3,(H,12,14). The van der Waals surface area contributed by atoms with E-state index in [1.54, 1.807) is 0 Å². The van der Waals surface area contributed by atoms with Crippen LogP contribution in [0.3, 0.4) is 0 Å². The topological polar surface area (TPSA) is 41.1 Å². The van der Waals surface area contributed by atoms with Crippen molar-refractivity contribution in [3.63, 3.8) is 0 Å². The Hall–Kier alpha value is -0.220. The highest BCUT2D eigenvalue weighted by atomic mass is 32.2. The lowest BCUT2D eigenvalue weighted by atomic mass is 10.1. The summed E-state index contributed by atoms with van der Waals surface area (Å²) in [5.74, 6) is 2.55. The Morgan fingerprint density at radius 3 is 2.40 bits per heavy atom. The van der Waals surface area contributed by atoms with E-state index in [4.69, 9.17) is 0 Å². The molecule has 1 heterocycles. The van der Waals surface area contributed by atoms with E-state index in [0.29, 0.717) is 6.04 Å². The van der Waals surface area contributed by atoms with E-state index in [1.165, 1.54) is 24.3 Å². The molecule has 15 heavy (non-hydrogen) atoms. The molecule has 1 aliphatic rings. The first kappa shape index (κ1) is 12.8. The number of nitrogens with one attached hydrogen (secondary N) is 2. The predicted octanol–water partition coefficient (Wildman–Crippen LogP) is 1.38. The van der Waals surface area contributed by atoms with Gasteiger partial charge in [-0.3, -0.25) is 4.79 Å². The highest BCUT2D eigenvalue weighted by molar-refractivity contribution is 7.99. The second-order valence-electron chi connectivity index (χ2n) is 4.44. The van der Waals surface area contributed by atoms with Gasteiger partial charge in [-0.2, -0.15) is 11.8 Å². The van der Waals surface area contributed by atoms with Gasteiger partial charge in [0.1, 0.15) is 0 Å². The first-order valence-electron chi connectivity index (χ1n) is 5.73. The largest absolute Gasteiger partial charge is 0.353 e. The van der Waals surface area contributed by atoms with Crippen LogP contribution >= 0.6 is 11.8 Å². The molecule has 4 heteroatoms. The van der Waals surface area contributed by atoms with Gasteiger partial charge in [0.2, 0.25) is 5.91 Å². The molecular formula is C11H22N2OS. The molecule has 1 fully saturated rings. The molecule has 3 nitrogen and oxygen atoms in total. The molecule has 1 amide bonds. The van der Waals surface area contributed by atoms with Crippen LogP contribution in [-0.4, -0.2) is 35.5 Å². The predicted molar refractivity (Wildman–Crippen MR) is 66.2 cm³/mol. The van der Waals surface area contributed by atoms with E-state index in [0.717, 1.165) is 0 Å². The van der Waals surface area contributed by atoms with Crippen molar-refractivity contribution in [1.29, 1.82) is 0 Å². The van der Waals surface area contributed by atoms with Gasteiger partial charge in [0.25, 0.3) is 0 Å². The van der Waals surface area contributed by atoms with E-state index in [1.807, 2.05) is 32.5 Å². The summed E-state index contributed by atoms with van der Waals surface area (Å²) < 4.78 is 0. The van der Waals surface area contributed by atoms with Crippen molar-refractivity contribution in [2.24, 2.45) is 0 Å². The second kappa shape index (κ2) is 6.38. The molecule has 0 aromatic heterocycles. The van der Waals surface area contributed by atoms with Crippen LogP contribution < -0.4 is 10.6 Å². The molecule has 1 aliphatic heterocycles. The van der Waals surface area contributed by atoms with Crippen LogP contribution in [-0.2, 0) is 4.79 Å². The SMILES string of the molecule is CC(C)NC(=O)C(C)NC1CCSCC1. The van der Waals surface area contributed by atoms with Crippen molar-refractivity contribution >= 4 is 17.7 Å². The zero-order valence-corrected chi connectivity index (χ0v) is 10.7. The van der Waals surface area contributed by atoms with E-state index in [9.17, 15) is 4.79 Å². The highest BCUT2D eigenvalue weighted by Gasteiger charge is 2.19. The summed E-state index contributed by atoms with van der Waals surface area (Å²) >= 11 is 2.00. The Morgan fingerprint density at radius 2 is 1.87 bits per heavy atom. The summed E-state index contributed by atoms with van der Waals surface area (Å²) in [5, 5.41) is 6.32. The molecule has 88 valence electrons. The first-order chi connectivity index (χ1) is 7.09. The number of amides is 1. The number of rotatable bonds is 4. The van der Waals surface area contributed by atoms with Crippen molar-refractivity contribution in [3.05, 3.63) is 0 Å². The van der Waals surface area contributed by atoms with Gasteiger partial charge in [-0.25, -0.2) is 0 Å². The van der Waals surface area contributed by atoms with Crippen molar-refractivity contribution in [3.8, 4) is 0 Å². The molecule has 1 atom stereocenters. The third-order valence-electron chi connectivity index (χ3n) is 2.53. The minimum absolute atomic E-state index is 0.0690. The van der Waals surface area contributed by atoms with Gasteiger partial charge in [-0.1, -0.05) is 0 Å². The smallest absolute Gasteiger partial charge is 0.237 e. The van der Waals surface area contributed by atoms with Crippen molar-refractivity contribution in [2.45, 2.75) is 51.7 Å². The molecule has 0 saturated carbocycles. The summed E-state index contributed by atoms with van der Waals surface area (Å²) in [6.45, 7) is 5.92. The molecule has 0 aliphatic carbocycles. The fourth-order valence-corrected chi connectivity index (χ4v) is 2.81. The van der Waals surface area contributed by atoms with Crippen molar-refractivity contribution < 1.29 is 4.79 Å². The number of carbonyl (C=O) groups excluding carboxylic acids is 1. The van der Waals surface area contributed by atoms with Gasteiger partial charge in [0, 0.05) is 12.1 Å². The lowest BCUT2D eigenvalue weighted by Gasteiger charge is -2.26. The quantitative estimate of drug-likeness (QED) is 0.767. The molecule has 1 unspecified atom stereocenters. The third-order valence-corrected chi connectivity index (χ3v) is 3.58. The van der Waals surface area contributed by atoms with Crippen LogP contribution in [0.15, 0.2) is 0 Å². The Labute approximate surface area is 96.8 Å². The molecule has 2 N–H and O–H groups in total. The fourth-order valence-electron chi connectivity index (χ4n) is 1.70. The summed E-state index contributed by atoms with van der Waals surface area (Å²) in [4.78, 5) is 11.6. The molecule has 0 aromatic carbocycles. The zero-order chi connectivity index (χ0) is 11.3. The van der Waals surface area contributed by atoms with Gasteiger partial charge in [0.05, 0.1) is 6.04 Å². The van der Waals surface area contributed by atoms with Crippen LogP contribution in [0, 0.1) is 0 Å². The minimum atomic E-state index is -0.0690. The number of thioether (sulfide) groups is 1. The highest BCUT2D eigenvalue weighted by Crippen LogP contribution is 2.17. The second-order valence-corrected chi connectivity index (χ2v) is 5.66. The van der Waals surface area contributed by atoms with Gasteiger partial charge >= 0.3 is 0 Å². The Balaban J connectivity index is 2.26. The lowest BCUT2D eigenvalue weighted by molar-refractivity contribution is -0.123. The lowest BCUT2D eigenvalue weighted by Crippen LogP contribution is -2.49. The van der Waals surface area contributed by atoms with Gasteiger partial charge in [-0.15, -0.1) is 0 Å². The van der Waals surface area contributed by atoms with Crippen LogP contribution in [0.4, 0.5) is 0 Å². The normalized spacial score (nSPS) is 20.3. The molecule has 0 spiro atoms. The van der Waals surface area contributed by atoms with Crippen LogP contribution in [0.5, 0.6) is 0 Å². The fraction of sp³-hybridized carbons (Fsp3) is 0.909. The summed E-state index contributed by atoms with van der Waals surface area (Å²) in [7, 11) is 0.